The molecule has 0 bridgehead atoms. The van der Waals surface area contributed by atoms with Crippen LogP contribution in [0.2, 0.25) is 0 Å². The predicted octanol–water partition coefficient (Wildman–Crippen LogP) is 4.06. The monoisotopic (exact) mass is 319 g/mol. The van der Waals surface area contributed by atoms with Crippen molar-refractivity contribution in [2.45, 2.75) is 12.8 Å². The van der Waals surface area contributed by atoms with Crippen LogP contribution in [0, 0.1) is 5.92 Å². The van der Waals surface area contributed by atoms with Crippen molar-refractivity contribution in [3.05, 3.63) is 64.9 Å². The molecule has 1 unspecified atom stereocenters. The van der Waals surface area contributed by atoms with Crippen molar-refractivity contribution in [2.75, 3.05) is 7.11 Å². The second-order valence-electron chi connectivity index (χ2n) is 6.11. The van der Waals surface area contributed by atoms with Crippen LogP contribution in [0.5, 0.6) is 0 Å². The van der Waals surface area contributed by atoms with Crippen molar-refractivity contribution in [1.82, 2.24) is 4.98 Å². The van der Waals surface area contributed by atoms with Gasteiger partial charge in [-0.1, -0.05) is 35.9 Å². The number of carbonyl (C=O) groups excluding carboxylic acids is 2. The number of methoxy groups -OCH3 is 1. The number of carbonyl (C=O) groups is 2. The summed E-state index contributed by atoms with van der Waals surface area (Å²) in [6.45, 7) is 0. The van der Waals surface area contributed by atoms with Gasteiger partial charge in [-0.3, -0.25) is 4.79 Å². The van der Waals surface area contributed by atoms with Crippen molar-refractivity contribution in [3.63, 3.8) is 0 Å². The normalized spacial score (nSPS) is 19.3. The maximum atomic E-state index is 12.8. The van der Waals surface area contributed by atoms with Gasteiger partial charge in [0.05, 0.1) is 23.9 Å². The topological polar surface area (TPSA) is 59.2 Å². The Hall–Kier alpha value is -2.88. The molecule has 0 aliphatic heterocycles. The largest absolute Gasteiger partial charge is 0.465 e. The lowest BCUT2D eigenvalue weighted by atomic mass is 9.83. The molecule has 1 heterocycles. The molecule has 1 atom stereocenters. The van der Waals surface area contributed by atoms with Gasteiger partial charge in [-0.25, -0.2) is 4.79 Å². The maximum absolute atomic E-state index is 12.8. The van der Waals surface area contributed by atoms with E-state index in [2.05, 4.69) is 23.2 Å². The van der Waals surface area contributed by atoms with E-state index in [0.29, 0.717) is 22.9 Å². The fourth-order valence-corrected chi connectivity index (χ4v) is 3.55. The fraction of sp³-hybridized carbons (Fsp3) is 0.200. The van der Waals surface area contributed by atoms with Gasteiger partial charge >= 0.3 is 5.97 Å². The zero-order chi connectivity index (χ0) is 16.7. The Balaban J connectivity index is 1.88. The predicted molar refractivity (Wildman–Crippen MR) is 92.9 cm³/mol. The molecule has 4 nitrogen and oxygen atoms in total. The summed E-state index contributed by atoms with van der Waals surface area (Å²) in [7, 11) is 1.35. The summed E-state index contributed by atoms with van der Waals surface area (Å²) in [6, 6.07) is 5.37. The van der Waals surface area contributed by atoms with Crippen molar-refractivity contribution in [3.8, 4) is 0 Å². The lowest BCUT2D eigenvalue weighted by Crippen LogP contribution is -2.14. The number of hydrogen-bond acceptors (Lipinski definition) is 3. The molecule has 2 aliphatic rings. The molecule has 120 valence electrons. The van der Waals surface area contributed by atoms with E-state index in [9.17, 15) is 9.59 Å². The van der Waals surface area contributed by atoms with Gasteiger partial charge < -0.3 is 9.72 Å². The third-order valence-corrected chi connectivity index (χ3v) is 4.69. The van der Waals surface area contributed by atoms with Gasteiger partial charge in [-0.05, 0) is 24.6 Å². The van der Waals surface area contributed by atoms with E-state index in [0.717, 1.165) is 23.2 Å². The number of fused-ring (bicyclic) bond motifs is 3. The van der Waals surface area contributed by atoms with Crippen molar-refractivity contribution in [2.24, 2.45) is 5.92 Å². The SMILES string of the molecule is COC(=O)c1cccc2[nH]c3c(c12)C(=O)CC(C1C=CC=CC1)=C3. The third kappa shape index (κ3) is 2.22. The molecular formula is C20H17NO3. The standard InChI is InChI=1S/C20H17NO3/c1-24-20(23)14-8-5-9-15-18(14)19-16(21-15)10-13(11-17(19)22)12-6-3-2-4-7-12/h2-6,8-10,12,21H,7,11H2,1H3. The Morgan fingerprint density at radius 2 is 2.17 bits per heavy atom. The highest BCUT2D eigenvalue weighted by Gasteiger charge is 2.28. The molecule has 0 saturated heterocycles. The van der Waals surface area contributed by atoms with E-state index < -0.39 is 5.97 Å². The maximum Gasteiger partial charge on any atom is 0.338 e. The molecule has 1 aromatic carbocycles. The number of allylic oxidation sites excluding steroid dienone is 5. The Labute approximate surface area is 139 Å². The summed E-state index contributed by atoms with van der Waals surface area (Å²) in [5.41, 5.74) is 3.71. The second-order valence-corrected chi connectivity index (χ2v) is 6.11. The lowest BCUT2D eigenvalue weighted by Gasteiger charge is -2.20. The van der Waals surface area contributed by atoms with Crippen LogP contribution < -0.4 is 0 Å². The van der Waals surface area contributed by atoms with Crippen LogP contribution in [0.1, 0.15) is 39.3 Å². The van der Waals surface area contributed by atoms with Gasteiger partial charge in [0.1, 0.15) is 0 Å². The molecule has 4 rings (SSSR count). The molecule has 2 aromatic rings. The number of benzene rings is 1. The van der Waals surface area contributed by atoms with Gasteiger partial charge in [0, 0.05) is 23.2 Å². The molecular weight excluding hydrogens is 302 g/mol. The van der Waals surface area contributed by atoms with E-state index in [-0.39, 0.29) is 11.7 Å². The smallest absolute Gasteiger partial charge is 0.338 e. The average Bonchev–Trinajstić information content (AvgIpc) is 3.00. The van der Waals surface area contributed by atoms with Crippen LogP contribution >= 0.6 is 0 Å². The highest BCUT2D eigenvalue weighted by Crippen LogP contribution is 2.36. The highest BCUT2D eigenvalue weighted by molar-refractivity contribution is 6.18. The number of aromatic amines is 1. The number of H-pyrrole nitrogens is 1. The summed E-state index contributed by atoms with van der Waals surface area (Å²) in [6.07, 6.45) is 11.7. The summed E-state index contributed by atoms with van der Waals surface area (Å²) >= 11 is 0. The van der Waals surface area contributed by atoms with Crippen LogP contribution in [0.15, 0.2) is 48.1 Å². The molecule has 2 aliphatic carbocycles. The number of ether oxygens (including phenoxy) is 1. The molecule has 0 amide bonds. The minimum Gasteiger partial charge on any atom is -0.465 e. The van der Waals surface area contributed by atoms with E-state index >= 15 is 0 Å². The summed E-state index contributed by atoms with van der Waals surface area (Å²) in [5, 5.41) is 0.665. The Bertz CT molecular complexity index is 943. The van der Waals surface area contributed by atoms with Gasteiger partial charge in [-0.15, -0.1) is 0 Å². The summed E-state index contributed by atoms with van der Waals surface area (Å²) in [4.78, 5) is 28.2. The van der Waals surface area contributed by atoms with E-state index in [1.807, 2.05) is 18.2 Å². The summed E-state index contributed by atoms with van der Waals surface area (Å²) < 4.78 is 4.86. The van der Waals surface area contributed by atoms with Gasteiger partial charge in [0.15, 0.2) is 5.78 Å². The van der Waals surface area contributed by atoms with E-state index in [1.54, 1.807) is 12.1 Å². The zero-order valence-electron chi connectivity index (χ0n) is 13.3. The number of aromatic nitrogens is 1. The molecule has 24 heavy (non-hydrogen) atoms. The first kappa shape index (κ1) is 14.7. The Morgan fingerprint density at radius 3 is 2.92 bits per heavy atom. The number of esters is 1. The average molecular weight is 319 g/mol. The van der Waals surface area contributed by atoms with Crippen molar-refractivity contribution >= 4 is 28.7 Å². The quantitative estimate of drug-likeness (QED) is 0.849. The molecule has 0 fully saturated rings. The van der Waals surface area contributed by atoms with Gasteiger partial charge in [0.2, 0.25) is 0 Å². The second kappa shape index (κ2) is 5.64. The molecule has 0 saturated carbocycles. The lowest BCUT2D eigenvalue weighted by molar-refractivity contribution is 0.0603. The number of Topliss-reactive ketones (excluding diaryl/α,β-unsaturated/α-hetero) is 1. The molecule has 0 spiro atoms. The number of hydrogen-bond donors (Lipinski definition) is 1. The molecule has 0 radical (unpaired) electrons. The Morgan fingerprint density at radius 1 is 1.29 bits per heavy atom. The molecule has 4 heteroatoms. The van der Waals surface area contributed by atoms with Crippen LogP contribution in [-0.4, -0.2) is 23.8 Å². The first-order valence-corrected chi connectivity index (χ1v) is 7.99. The van der Waals surface area contributed by atoms with Crippen LogP contribution in [-0.2, 0) is 4.74 Å². The molecule has 1 aromatic heterocycles. The number of rotatable bonds is 2. The van der Waals surface area contributed by atoms with Crippen LogP contribution in [0.4, 0.5) is 0 Å². The first-order valence-electron chi connectivity index (χ1n) is 7.99. The minimum absolute atomic E-state index is 0.0491. The van der Waals surface area contributed by atoms with E-state index in [4.69, 9.17) is 4.74 Å². The number of nitrogens with one attached hydrogen (secondary N) is 1. The van der Waals surface area contributed by atoms with Gasteiger partial charge in [-0.2, -0.15) is 0 Å². The van der Waals surface area contributed by atoms with E-state index in [1.165, 1.54) is 7.11 Å². The Kier molecular flexibility index (Phi) is 3.45. The zero-order valence-corrected chi connectivity index (χ0v) is 13.3. The fourth-order valence-electron chi connectivity index (χ4n) is 3.55. The molecule has 1 N–H and O–H groups in total. The van der Waals surface area contributed by atoms with Crippen LogP contribution in [0.3, 0.4) is 0 Å². The number of ketones is 1. The van der Waals surface area contributed by atoms with Crippen LogP contribution in [0.25, 0.3) is 17.0 Å². The van der Waals surface area contributed by atoms with Gasteiger partial charge in [0.25, 0.3) is 0 Å². The van der Waals surface area contributed by atoms with Crippen molar-refractivity contribution in [1.29, 1.82) is 0 Å². The van der Waals surface area contributed by atoms with Crippen molar-refractivity contribution < 1.29 is 14.3 Å². The first-order chi connectivity index (χ1) is 11.7. The minimum atomic E-state index is -0.426. The highest BCUT2D eigenvalue weighted by atomic mass is 16.5. The third-order valence-electron chi connectivity index (χ3n) is 4.69. The summed E-state index contributed by atoms with van der Waals surface area (Å²) in [5.74, 6) is -0.114.